The molecule has 1 atom stereocenters. The fraction of sp³-hybridized carbons (Fsp3) is 0.333. The van der Waals surface area contributed by atoms with Gasteiger partial charge in [0, 0.05) is 53.6 Å². The molecule has 2 aromatic rings. The van der Waals surface area contributed by atoms with Gasteiger partial charge in [0.15, 0.2) is 0 Å². The van der Waals surface area contributed by atoms with Crippen LogP contribution in [-0.2, 0) is 0 Å². The van der Waals surface area contributed by atoms with Crippen LogP contribution in [0.3, 0.4) is 0 Å². The average Bonchev–Trinajstić information content (AvgIpc) is 2.99. The second-order valence-corrected chi connectivity index (χ2v) is 6.56. The van der Waals surface area contributed by atoms with Crippen molar-refractivity contribution in [3.63, 3.8) is 0 Å². The van der Waals surface area contributed by atoms with E-state index in [2.05, 4.69) is 25.5 Å². The summed E-state index contributed by atoms with van der Waals surface area (Å²) in [7, 11) is 2.03. The number of nitrogens with one attached hydrogen (secondary N) is 3. The molecule has 0 aliphatic carbocycles. The molecule has 0 spiro atoms. The van der Waals surface area contributed by atoms with Crippen LogP contribution in [0.25, 0.3) is 0 Å². The molecule has 5 N–H and O–H groups in total. The Hall–Kier alpha value is -3.00. The summed E-state index contributed by atoms with van der Waals surface area (Å²) in [6.07, 6.45) is 4.09. The third-order valence-electron chi connectivity index (χ3n) is 4.36. The number of likely N-dealkylation sites (tertiary alicyclic amines) is 1. The number of nitrogen functional groups attached to an aromatic ring is 1. The zero-order valence-corrected chi connectivity index (χ0v) is 14.9. The first-order valence-corrected chi connectivity index (χ1v) is 8.46. The molecule has 8 heteroatoms. The number of urea groups is 1. The fourth-order valence-corrected chi connectivity index (χ4v) is 3.00. The predicted molar refractivity (Wildman–Crippen MR) is 102 cm³/mol. The zero-order valence-electron chi connectivity index (χ0n) is 14.9. The summed E-state index contributed by atoms with van der Waals surface area (Å²) in [6, 6.07) is 4.98. The fourth-order valence-electron chi connectivity index (χ4n) is 3.00. The maximum absolute atomic E-state index is 12.1. The number of nitrogens with two attached hydrogens (primary N) is 1. The molecule has 1 aliphatic rings. The highest BCUT2D eigenvalue weighted by molar-refractivity contribution is 6.13. The largest absolute Gasteiger partial charge is 0.398 e. The Morgan fingerprint density at radius 2 is 2.19 bits per heavy atom. The van der Waals surface area contributed by atoms with Gasteiger partial charge in [-0.2, -0.15) is 0 Å². The van der Waals surface area contributed by atoms with Crippen molar-refractivity contribution >= 4 is 23.2 Å². The lowest BCUT2D eigenvalue weighted by molar-refractivity contribution is 0.248. The number of aryl methyl sites for hydroxylation is 1. The van der Waals surface area contributed by atoms with Gasteiger partial charge in [-0.25, -0.2) is 9.78 Å². The van der Waals surface area contributed by atoms with Crippen molar-refractivity contribution in [2.45, 2.75) is 19.4 Å². The van der Waals surface area contributed by atoms with E-state index in [1.165, 1.54) is 6.20 Å². The van der Waals surface area contributed by atoms with E-state index in [1.807, 2.05) is 20.0 Å². The lowest BCUT2D eigenvalue weighted by Crippen LogP contribution is -2.39. The molecule has 3 rings (SSSR count). The second kappa shape index (κ2) is 7.49. The van der Waals surface area contributed by atoms with Crippen LogP contribution < -0.4 is 16.4 Å². The minimum absolute atomic E-state index is 0.139. The number of pyridine rings is 2. The first-order valence-electron chi connectivity index (χ1n) is 8.46. The molecule has 0 radical (unpaired) electrons. The van der Waals surface area contributed by atoms with Crippen molar-refractivity contribution in [3.8, 4) is 0 Å². The average molecular weight is 353 g/mol. The van der Waals surface area contributed by atoms with E-state index in [0.717, 1.165) is 30.8 Å². The second-order valence-electron chi connectivity index (χ2n) is 6.56. The highest BCUT2D eigenvalue weighted by Crippen LogP contribution is 2.19. The lowest BCUT2D eigenvalue weighted by atomic mass is 10.0. The number of aromatic nitrogens is 2. The highest BCUT2D eigenvalue weighted by Gasteiger charge is 2.21. The van der Waals surface area contributed by atoms with Gasteiger partial charge in [-0.15, -0.1) is 0 Å². The summed E-state index contributed by atoms with van der Waals surface area (Å²) in [5.41, 5.74) is 8.79. The van der Waals surface area contributed by atoms with Crippen LogP contribution in [-0.4, -0.2) is 52.8 Å². The Balaban J connectivity index is 1.67. The highest BCUT2D eigenvalue weighted by atomic mass is 16.2. The SMILES string of the molecule is Cc1cc(C(=N)c2cnc(NC(=O)NC3CCN(C)C3)cc2N)ccn1. The molecule has 26 heavy (non-hydrogen) atoms. The zero-order chi connectivity index (χ0) is 18.7. The third kappa shape index (κ3) is 4.15. The van der Waals surface area contributed by atoms with Gasteiger partial charge < -0.3 is 16.0 Å². The van der Waals surface area contributed by atoms with Gasteiger partial charge in [0.1, 0.15) is 5.82 Å². The number of carbonyl (C=O) groups is 1. The molecule has 1 aliphatic heterocycles. The summed E-state index contributed by atoms with van der Waals surface area (Å²) < 4.78 is 0. The summed E-state index contributed by atoms with van der Waals surface area (Å²) >= 11 is 0. The van der Waals surface area contributed by atoms with Gasteiger partial charge in [-0.3, -0.25) is 15.7 Å². The van der Waals surface area contributed by atoms with Crippen molar-refractivity contribution in [2.24, 2.45) is 0 Å². The van der Waals surface area contributed by atoms with Crippen LogP contribution in [0.1, 0.15) is 23.2 Å². The number of carbonyl (C=O) groups excluding carboxylic acids is 1. The molecule has 136 valence electrons. The Morgan fingerprint density at radius 1 is 1.38 bits per heavy atom. The lowest BCUT2D eigenvalue weighted by Gasteiger charge is -2.14. The first-order chi connectivity index (χ1) is 12.4. The van der Waals surface area contributed by atoms with Crippen LogP contribution in [0, 0.1) is 12.3 Å². The maximum Gasteiger partial charge on any atom is 0.320 e. The molecular formula is C18H23N7O. The molecule has 1 saturated heterocycles. The molecular weight excluding hydrogens is 330 g/mol. The summed E-state index contributed by atoms with van der Waals surface area (Å²) in [6.45, 7) is 3.68. The van der Waals surface area contributed by atoms with Crippen LogP contribution in [0.5, 0.6) is 0 Å². The summed E-state index contributed by atoms with van der Waals surface area (Å²) in [4.78, 5) is 22.6. The van der Waals surface area contributed by atoms with E-state index in [0.29, 0.717) is 17.1 Å². The normalized spacial score (nSPS) is 17.1. The molecule has 8 nitrogen and oxygen atoms in total. The summed E-state index contributed by atoms with van der Waals surface area (Å²) in [5.74, 6) is 0.355. The van der Waals surface area contributed by atoms with Gasteiger partial charge >= 0.3 is 6.03 Å². The minimum Gasteiger partial charge on any atom is -0.398 e. The molecule has 0 bridgehead atoms. The van der Waals surface area contributed by atoms with Gasteiger partial charge in [0.05, 0.1) is 5.71 Å². The number of anilines is 2. The smallest absolute Gasteiger partial charge is 0.320 e. The first kappa shape index (κ1) is 17.8. The van der Waals surface area contributed by atoms with Gasteiger partial charge in [0.2, 0.25) is 0 Å². The number of hydrogen-bond acceptors (Lipinski definition) is 6. The van der Waals surface area contributed by atoms with Crippen molar-refractivity contribution in [3.05, 3.63) is 47.4 Å². The van der Waals surface area contributed by atoms with Crippen molar-refractivity contribution < 1.29 is 4.79 Å². The Bertz CT molecular complexity index is 836. The van der Waals surface area contributed by atoms with Crippen LogP contribution in [0.2, 0.25) is 0 Å². The van der Waals surface area contributed by atoms with Gasteiger partial charge in [0.25, 0.3) is 0 Å². The number of rotatable bonds is 4. The monoisotopic (exact) mass is 353 g/mol. The van der Waals surface area contributed by atoms with Crippen LogP contribution in [0.4, 0.5) is 16.3 Å². The number of nitrogens with zero attached hydrogens (tertiary/aromatic N) is 3. The molecule has 1 fully saturated rings. The Labute approximate surface area is 152 Å². The molecule has 2 aromatic heterocycles. The number of amides is 2. The van der Waals surface area contributed by atoms with E-state index in [9.17, 15) is 4.79 Å². The van der Waals surface area contributed by atoms with E-state index < -0.39 is 0 Å². The van der Waals surface area contributed by atoms with Crippen molar-refractivity contribution in [1.29, 1.82) is 5.41 Å². The molecule has 0 aromatic carbocycles. The molecule has 0 saturated carbocycles. The molecule has 2 amide bonds. The van der Waals surface area contributed by atoms with Crippen molar-refractivity contribution in [2.75, 3.05) is 31.2 Å². The van der Waals surface area contributed by atoms with E-state index in [1.54, 1.807) is 18.3 Å². The standard InChI is InChI=1S/C18H23N7O/c1-11-7-12(3-5-21-11)17(20)14-9-22-16(8-15(14)19)24-18(26)23-13-4-6-25(2)10-13/h3,5,7-9,13,20H,4,6,10H2,1-2H3,(H4,19,22,23,24,26). The minimum atomic E-state index is -0.301. The topological polar surface area (TPSA) is 120 Å². The van der Waals surface area contributed by atoms with Crippen LogP contribution in [0.15, 0.2) is 30.6 Å². The van der Waals surface area contributed by atoms with Crippen molar-refractivity contribution in [1.82, 2.24) is 20.2 Å². The number of hydrogen-bond donors (Lipinski definition) is 4. The Morgan fingerprint density at radius 3 is 2.85 bits per heavy atom. The van der Waals surface area contributed by atoms with E-state index in [-0.39, 0.29) is 17.8 Å². The van der Waals surface area contributed by atoms with Gasteiger partial charge in [-0.05, 0) is 39.1 Å². The third-order valence-corrected chi connectivity index (χ3v) is 4.36. The quantitative estimate of drug-likeness (QED) is 0.623. The summed E-state index contributed by atoms with van der Waals surface area (Å²) in [5, 5.41) is 14.0. The van der Waals surface area contributed by atoms with Crippen LogP contribution >= 0.6 is 0 Å². The van der Waals surface area contributed by atoms with E-state index in [4.69, 9.17) is 11.1 Å². The maximum atomic E-state index is 12.1. The van der Waals surface area contributed by atoms with E-state index >= 15 is 0 Å². The molecule has 1 unspecified atom stereocenters. The predicted octanol–water partition coefficient (Wildman–Crippen LogP) is 1.61. The molecule has 3 heterocycles. The number of likely N-dealkylation sites (N-methyl/N-ethyl adjacent to an activating group) is 1. The van der Waals surface area contributed by atoms with Gasteiger partial charge in [-0.1, -0.05) is 0 Å². The Kier molecular flexibility index (Phi) is 5.13.